The summed E-state index contributed by atoms with van der Waals surface area (Å²) in [6, 6.07) is 5.58. The van der Waals surface area contributed by atoms with Gasteiger partial charge in [0.05, 0.1) is 17.3 Å². The van der Waals surface area contributed by atoms with Crippen LogP contribution >= 0.6 is 15.9 Å². The molecule has 0 spiro atoms. The predicted molar refractivity (Wildman–Crippen MR) is 101 cm³/mol. The second-order valence-electron chi connectivity index (χ2n) is 6.37. The number of likely N-dealkylation sites (tertiary alicyclic amines) is 1. The van der Waals surface area contributed by atoms with Crippen LogP contribution in [0.2, 0.25) is 0 Å². The second kappa shape index (κ2) is 8.34. The van der Waals surface area contributed by atoms with E-state index in [0.717, 1.165) is 14.9 Å². The summed E-state index contributed by atoms with van der Waals surface area (Å²) < 4.78 is 43.9. The van der Waals surface area contributed by atoms with Gasteiger partial charge in [-0.3, -0.25) is 4.79 Å². The van der Waals surface area contributed by atoms with Gasteiger partial charge >= 0.3 is 12.1 Å². The highest BCUT2D eigenvalue weighted by molar-refractivity contribution is 9.10. The van der Waals surface area contributed by atoms with Crippen LogP contribution in [0.3, 0.4) is 0 Å². The normalized spacial score (nSPS) is 15.4. The molecule has 10 heteroatoms. The fourth-order valence-corrected chi connectivity index (χ4v) is 3.36. The van der Waals surface area contributed by atoms with Crippen molar-refractivity contribution in [1.82, 2.24) is 14.9 Å². The number of rotatable bonds is 4. The van der Waals surface area contributed by atoms with Gasteiger partial charge in [0.1, 0.15) is 5.75 Å². The van der Waals surface area contributed by atoms with E-state index < -0.39 is 12.1 Å². The summed E-state index contributed by atoms with van der Waals surface area (Å²) in [5.74, 6) is -0.715. The number of ether oxygens (including phenoxy) is 1. The van der Waals surface area contributed by atoms with E-state index in [9.17, 15) is 18.0 Å². The van der Waals surface area contributed by atoms with Crippen molar-refractivity contribution in [3.05, 3.63) is 40.6 Å². The Morgan fingerprint density at radius 1 is 1.25 bits per heavy atom. The number of alkyl halides is 3. The first-order valence-corrected chi connectivity index (χ1v) is 9.36. The minimum atomic E-state index is -4.82. The number of amides is 1. The Hall–Kier alpha value is -2.36. The van der Waals surface area contributed by atoms with Crippen molar-refractivity contribution >= 4 is 33.5 Å². The summed E-state index contributed by atoms with van der Waals surface area (Å²) in [5, 5.41) is 3.07. The van der Waals surface area contributed by atoms with Crippen molar-refractivity contribution in [3.8, 4) is 5.75 Å². The van der Waals surface area contributed by atoms with Gasteiger partial charge in [0.25, 0.3) is 0 Å². The van der Waals surface area contributed by atoms with Crippen molar-refractivity contribution in [3.63, 3.8) is 0 Å². The number of benzene rings is 1. The van der Waals surface area contributed by atoms with E-state index in [2.05, 4.69) is 31.2 Å². The van der Waals surface area contributed by atoms with Crippen LogP contribution < -0.4 is 10.1 Å². The average Bonchev–Trinajstić information content (AvgIpc) is 2.69. The summed E-state index contributed by atoms with van der Waals surface area (Å²) >= 11 is 3.27. The zero-order valence-corrected chi connectivity index (χ0v) is 16.5. The van der Waals surface area contributed by atoms with Crippen molar-refractivity contribution in [2.75, 3.05) is 25.5 Å². The van der Waals surface area contributed by atoms with Gasteiger partial charge in [-0.2, -0.15) is 13.2 Å². The predicted octanol–water partition coefficient (Wildman–Crippen LogP) is 4.26. The molecule has 0 atom stereocenters. The zero-order valence-electron chi connectivity index (χ0n) is 15.0. The molecule has 2 heterocycles. The fourth-order valence-electron chi connectivity index (χ4n) is 3.16. The summed E-state index contributed by atoms with van der Waals surface area (Å²) in [6.45, 7) is 0.163. The summed E-state index contributed by atoms with van der Waals surface area (Å²) in [5.41, 5.74) is 1.64. The Morgan fingerprint density at radius 2 is 1.89 bits per heavy atom. The molecule has 1 aromatic heterocycles. The number of hydrogen-bond acceptors (Lipinski definition) is 5. The molecule has 0 saturated carbocycles. The lowest BCUT2D eigenvalue weighted by Gasteiger charge is -2.32. The molecular weight excluding hydrogens is 441 g/mol. The number of carbonyl (C=O) groups is 1. The van der Waals surface area contributed by atoms with Crippen LogP contribution in [0.25, 0.3) is 0 Å². The number of piperidine rings is 1. The van der Waals surface area contributed by atoms with Gasteiger partial charge in [-0.25, -0.2) is 9.97 Å². The van der Waals surface area contributed by atoms with Crippen molar-refractivity contribution in [2.45, 2.75) is 24.9 Å². The van der Waals surface area contributed by atoms with E-state index in [0.29, 0.717) is 30.2 Å². The first-order valence-electron chi connectivity index (χ1n) is 8.56. The molecule has 28 heavy (non-hydrogen) atoms. The lowest BCUT2D eigenvalue weighted by atomic mass is 9.89. The monoisotopic (exact) mass is 458 g/mol. The Kier molecular flexibility index (Phi) is 6.07. The molecule has 0 aliphatic carbocycles. The van der Waals surface area contributed by atoms with Crippen molar-refractivity contribution in [1.29, 1.82) is 0 Å². The molecule has 1 aromatic carbocycles. The third-order valence-corrected chi connectivity index (χ3v) is 5.00. The van der Waals surface area contributed by atoms with Gasteiger partial charge in [0.2, 0.25) is 5.95 Å². The van der Waals surface area contributed by atoms with Crippen LogP contribution in [0.4, 0.5) is 24.8 Å². The summed E-state index contributed by atoms with van der Waals surface area (Å²) in [6.07, 6.45) is -0.655. The van der Waals surface area contributed by atoms with Crippen LogP contribution in [0.5, 0.6) is 5.75 Å². The number of anilines is 2. The van der Waals surface area contributed by atoms with E-state index in [1.54, 1.807) is 12.4 Å². The number of methoxy groups -OCH3 is 1. The Morgan fingerprint density at radius 3 is 2.46 bits per heavy atom. The molecule has 0 bridgehead atoms. The Labute approximate surface area is 168 Å². The van der Waals surface area contributed by atoms with Crippen LogP contribution in [-0.4, -0.2) is 47.2 Å². The lowest BCUT2D eigenvalue weighted by molar-refractivity contribution is -0.186. The van der Waals surface area contributed by atoms with Crippen molar-refractivity contribution in [2.24, 2.45) is 0 Å². The highest BCUT2D eigenvalue weighted by Crippen LogP contribution is 2.35. The first kappa shape index (κ1) is 20.4. The highest BCUT2D eigenvalue weighted by Gasteiger charge is 2.43. The van der Waals surface area contributed by atoms with Crippen LogP contribution in [0, 0.1) is 0 Å². The molecule has 0 radical (unpaired) electrons. The molecular formula is C18H18BrF3N4O2. The molecule has 1 fully saturated rings. The van der Waals surface area contributed by atoms with Crippen LogP contribution in [-0.2, 0) is 4.79 Å². The van der Waals surface area contributed by atoms with Gasteiger partial charge in [-0.1, -0.05) is 6.07 Å². The molecule has 1 amide bonds. The number of nitrogens with one attached hydrogen (secondary N) is 1. The molecule has 1 N–H and O–H groups in total. The molecule has 1 aliphatic heterocycles. The lowest BCUT2D eigenvalue weighted by Crippen LogP contribution is -2.45. The quantitative estimate of drug-likeness (QED) is 0.741. The zero-order chi connectivity index (χ0) is 20.3. The average molecular weight is 459 g/mol. The molecule has 1 aliphatic rings. The topological polar surface area (TPSA) is 67.3 Å². The maximum Gasteiger partial charge on any atom is 0.471 e. The number of aromatic nitrogens is 2. The number of halogens is 4. The van der Waals surface area contributed by atoms with E-state index in [1.165, 1.54) is 7.11 Å². The van der Waals surface area contributed by atoms with Crippen molar-refractivity contribution < 1.29 is 22.7 Å². The Balaban J connectivity index is 1.69. The highest BCUT2D eigenvalue weighted by atomic mass is 79.9. The summed E-state index contributed by atoms with van der Waals surface area (Å²) in [4.78, 5) is 20.5. The number of carbonyl (C=O) groups excluding carboxylic acids is 1. The molecule has 1 saturated heterocycles. The van der Waals surface area contributed by atoms with Crippen LogP contribution in [0.1, 0.15) is 24.3 Å². The Bertz CT molecular complexity index is 838. The van der Waals surface area contributed by atoms with E-state index in [-0.39, 0.29) is 19.0 Å². The maximum absolute atomic E-state index is 12.6. The molecule has 3 rings (SSSR count). The number of hydrogen-bond donors (Lipinski definition) is 1. The molecule has 150 valence electrons. The second-order valence-corrected chi connectivity index (χ2v) is 7.29. The SMILES string of the molecule is COc1cc(C2CCN(C(=O)C(F)(F)F)CC2)ccc1Nc1ncc(Br)cn1. The standard InChI is InChI=1S/C18H18BrF3N4O2/c1-28-15-8-12(2-3-14(15)25-17-23-9-13(19)10-24-17)11-4-6-26(7-5-11)16(27)18(20,21)22/h2-3,8-11H,4-7H2,1H3,(H,23,24,25). The fraction of sp³-hybridized carbons (Fsp3) is 0.389. The molecule has 6 nitrogen and oxygen atoms in total. The summed E-state index contributed by atoms with van der Waals surface area (Å²) in [7, 11) is 1.54. The van der Waals surface area contributed by atoms with Gasteiger partial charge in [0, 0.05) is 25.5 Å². The van der Waals surface area contributed by atoms with Crippen LogP contribution in [0.15, 0.2) is 35.1 Å². The minimum absolute atomic E-state index is 0.0594. The maximum atomic E-state index is 12.6. The smallest absolute Gasteiger partial charge is 0.471 e. The minimum Gasteiger partial charge on any atom is -0.495 e. The van der Waals surface area contributed by atoms with E-state index in [1.807, 2.05) is 18.2 Å². The van der Waals surface area contributed by atoms with E-state index in [4.69, 9.17) is 4.74 Å². The third kappa shape index (κ3) is 4.73. The first-order chi connectivity index (χ1) is 13.3. The third-order valence-electron chi connectivity index (χ3n) is 4.59. The number of nitrogens with zero attached hydrogens (tertiary/aromatic N) is 3. The van der Waals surface area contributed by atoms with Gasteiger partial charge < -0.3 is 15.0 Å². The molecule has 0 unspecified atom stereocenters. The van der Waals surface area contributed by atoms with Gasteiger partial charge in [0.15, 0.2) is 0 Å². The molecule has 2 aromatic rings. The largest absolute Gasteiger partial charge is 0.495 e. The van der Waals surface area contributed by atoms with Gasteiger partial charge in [-0.05, 0) is 52.4 Å². The van der Waals surface area contributed by atoms with E-state index >= 15 is 0 Å². The van der Waals surface area contributed by atoms with Gasteiger partial charge in [-0.15, -0.1) is 0 Å².